The average molecular weight is 414 g/mol. The van der Waals surface area contributed by atoms with Gasteiger partial charge in [0, 0.05) is 46.8 Å². The van der Waals surface area contributed by atoms with E-state index in [1.807, 2.05) is 11.4 Å². The topological polar surface area (TPSA) is 110 Å². The number of nitrogens with zero attached hydrogens (tertiary/aromatic N) is 1. The van der Waals surface area contributed by atoms with Crippen molar-refractivity contribution in [2.75, 3.05) is 13.6 Å². The zero-order valence-electron chi connectivity index (χ0n) is 14.2. The van der Waals surface area contributed by atoms with Gasteiger partial charge in [-0.25, -0.2) is 5.84 Å². The summed E-state index contributed by atoms with van der Waals surface area (Å²) in [6.07, 6.45) is 1.91. The predicted molar refractivity (Wildman–Crippen MR) is 109 cm³/mol. The van der Waals surface area contributed by atoms with E-state index in [2.05, 4.69) is 5.32 Å². The Hall–Kier alpha value is -1.77. The van der Waals surface area contributed by atoms with Crippen LogP contribution in [0, 0.1) is 0 Å². The zero-order chi connectivity index (χ0) is 19.3. The molecule has 1 amide bonds. The standard InChI is InChI=1S/C17H21Cl2N5OS/c1-24(22)15(8-21)11-5-16(26-9-11)17(25)23-13(7-20)4-10-2-3-12(18)6-14(10)19/h2-3,5-6,8-9,13H,4,7,20-22H2,1H3,(H,23,25)/b15-8-. The molecule has 0 aliphatic heterocycles. The Labute approximate surface area is 166 Å². The molecule has 0 saturated carbocycles. The van der Waals surface area contributed by atoms with Crippen LogP contribution in [0.2, 0.25) is 10.0 Å². The van der Waals surface area contributed by atoms with Crippen molar-refractivity contribution in [2.24, 2.45) is 17.3 Å². The van der Waals surface area contributed by atoms with Crippen LogP contribution in [-0.4, -0.2) is 30.6 Å². The van der Waals surface area contributed by atoms with Crippen molar-refractivity contribution < 1.29 is 4.79 Å². The number of carbonyl (C=O) groups is 1. The fourth-order valence-corrected chi connectivity index (χ4v) is 3.70. The van der Waals surface area contributed by atoms with E-state index >= 15 is 0 Å². The largest absolute Gasteiger partial charge is 0.403 e. The number of halogens is 2. The number of thiophene rings is 1. The highest BCUT2D eigenvalue weighted by Crippen LogP contribution is 2.24. The Morgan fingerprint density at radius 2 is 2.12 bits per heavy atom. The van der Waals surface area contributed by atoms with Crippen LogP contribution in [-0.2, 0) is 6.42 Å². The molecule has 0 aliphatic carbocycles. The van der Waals surface area contributed by atoms with Crippen LogP contribution in [0.5, 0.6) is 0 Å². The third-order valence-electron chi connectivity index (χ3n) is 3.76. The molecule has 0 saturated heterocycles. The molecule has 1 heterocycles. The molecule has 0 fully saturated rings. The molecule has 2 rings (SSSR count). The number of amides is 1. The first kappa shape index (κ1) is 20.5. The molecular formula is C17H21Cl2N5OS. The van der Waals surface area contributed by atoms with Gasteiger partial charge >= 0.3 is 0 Å². The summed E-state index contributed by atoms with van der Waals surface area (Å²) in [5.41, 5.74) is 13.7. The predicted octanol–water partition coefficient (Wildman–Crippen LogP) is 2.42. The smallest absolute Gasteiger partial charge is 0.261 e. The number of hydrogen-bond acceptors (Lipinski definition) is 6. The van der Waals surface area contributed by atoms with E-state index in [1.54, 1.807) is 25.2 Å². The first-order chi connectivity index (χ1) is 12.3. The number of rotatable bonds is 7. The monoisotopic (exact) mass is 413 g/mol. The molecule has 140 valence electrons. The summed E-state index contributed by atoms with van der Waals surface area (Å²) in [7, 11) is 1.68. The Balaban J connectivity index is 2.08. The number of carbonyl (C=O) groups excluding carboxylic acids is 1. The lowest BCUT2D eigenvalue weighted by Crippen LogP contribution is -2.41. The minimum atomic E-state index is -0.256. The van der Waals surface area contributed by atoms with Crippen LogP contribution in [0.3, 0.4) is 0 Å². The van der Waals surface area contributed by atoms with Crippen molar-refractivity contribution in [3.63, 3.8) is 0 Å². The molecule has 0 bridgehead atoms. The van der Waals surface area contributed by atoms with E-state index in [9.17, 15) is 4.79 Å². The van der Waals surface area contributed by atoms with E-state index in [-0.39, 0.29) is 18.5 Å². The molecule has 0 spiro atoms. The fourth-order valence-electron chi connectivity index (χ4n) is 2.41. The molecular weight excluding hydrogens is 393 g/mol. The van der Waals surface area contributed by atoms with Crippen molar-refractivity contribution in [1.29, 1.82) is 0 Å². The fraction of sp³-hybridized carbons (Fsp3) is 0.235. The SMILES string of the molecule is CN(N)/C(=C\N)c1csc(C(=O)NC(CN)Cc2ccc(Cl)cc2Cl)c1. The quantitative estimate of drug-likeness (QED) is 0.411. The highest BCUT2D eigenvalue weighted by Gasteiger charge is 2.17. The lowest BCUT2D eigenvalue weighted by Gasteiger charge is -2.17. The third-order valence-corrected chi connectivity index (χ3v) is 5.27. The molecule has 1 aromatic heterocycles. The van der Waals surface area contributed by atoms with Gasteiger partial charge < -0.3 is 21.8 Å². The molecule has 9 heteroatoms. The minimum absolute atomic E-state index is 0.210. The van der Waals surface area contributed by atoms with Crippen LogP contribution in [0.4, 0.5) is 0 Å². The number of hydrazine groups is 1. The number of hydrogen-bond donors (Lipinski definition) is 4. The van der Waals surface area contributed by atoms with Crippen molar-refractivity contribution in [2.45, 2.75) is 12.5 Å². The van der Waals surface area contributed by atoms with E-state index < -0.39 is 0 Å². The molecule has 7 N–H and O–H groups in total. The maximum absolute atomic E-state index is 12.5. The van der Waals surface area contributed by atoms with Crippen molar-refractivity contribution in [3.8, 4) is 0 Å². The Kier molecular flexibility index (Phi) is 7.31. The maximum atomic E-state index is 12.5. The molecule has 0 radical (unpaired) electrons. The van der Waals surface area contributed by atoms with Gasteiger partial charge in [0.05, 0.1) is 10.6 Å². The summed E-state index contributed by atoms with van der Waals surface area (Å²) in [4.78, 5) is 13.1. The summed E-state index contributed by atoms with van der Waals surface area (Å²) in [6.45, 7) is 0.280. The summed E-state index contributed by atoms with van der Waals surface area (Å²) >= 11 is 13.4. The van der Waals surface area contributed by atoms with Gasteiger partial charge in [-0.15, -0.1) is 11.3 Å². The van der Waals surface area contributed by atoms with Gasteiger partial charge in [0.15, 0.2) is 0 Å². The first-order valence-corrected chi connectivity index (χ1v) is 9.43. The van der Waals surface area contributed by atoms with Gasteiger partial charge in [0.25, 0.3) is 5.91 Å². The molecule has 0 aliphatic rings. The summed E-state index contributed by atoms with van der Waals surface area (Å²) < 4.78 is 0. The van der Waals surface area contributed by atoms with Crippen molar-refractivity contribution in [3.05, 3.63) is 61.9 Å². The summed E-state index contributed by atoms with van der Waals surface area (Å²) in [6, 6.07) is 6.74. The second-order valence-corrected chi connectivity index (χ2v) is 7.46. The Bertz CT molecular complexity index is 806. The lowest BCUT2D eigenvalue weighted by molar-refractivity contribution is 0.0942. The number of nitrogens with one attached hydrogen (secondary N) is 1. The van der Waals surface area contributed by atoms with Gasteiger partial charge in [-0.3, -0.25) is 4.79 Å². The Morgan fingerprint density at radius 1 is 1.38 bits per heavy atom. The van der Waals surface area contributed by atoms with Gasteiger partial charge in [0.1, 0.15) is 0 Å². The van der Waals surface area contributed by atoms with Crippen molar-refractivity contribution >= 4 is 46.1 Å². The van der Waals surface area contributed by atoms with Gasteiger partial charge in [-0.05, 0) is 30.2 Å². The number of nitrogens with two attached hydrogens (primary N) is 3. The first-order valence-electron chi connectivity index (χ1n) is 7.79. The van der Waals surface area contributed by atoms with Crippen LogP contribution < -0.4 is 22.6 Å². The van der Waals surface area contributed by atoms with Crippen LogP contribution in [0.1, 0.15) is 20.8 Å². The summed E-state index contributed by atoms with van der Waals surface area (Å²) in [5, 5.41) is 7.26. The molecule has 1 aromatic carbocycles. The maximum Gasteiger partial charge on any atom is 0.261 e. The van der Waals surface area contributed by atoms with E-state index in [1.165, 1.54) is 22.5 Å². The summed E-state index contributed by atoms with van der Waals surface area (Å²) in [5.74, 6) is 5.52. The highest BCUT2D eigenvalue weighted by molar-refractivity contribution is 7.12. The molecule has 6 nitrogen and oxygen atoms in total. The van der Waals surface area contributed by atoms with E-state index in [4.69, 9.17) is 40.5 Å². The third kappa shape index (κ3) is 5.12. The molecule has 1 atom stereocenters. The van der Waals surface area contributed by atoms with E-state index in [0.29, 0.717) is 27.0 Å². The average Bonchev–Trinajstić information content (AvgIpc) is 3.06. The Morgan fingerprint density at radius 3 is 2.69 bits per heavy atom. The second-order valence-electron chi connectivity index (χ2n) is 5.71. The second kappa shape index (κ2) is 9.25. The van der Waals surface area contributed by atoms with Crippen molar-refractivity contribution in [1.82, 2.24) is 10.3 Å². The lowest BCUT2D eigenvalue weighted by atomic mass is 10.1. The molecule has 2 aromatic rings. The van der Waals surface area contributed by atoms with E-state index in [0.717, 1.165) is 11.1 Å². The van der Waals surface area contributed by atoms with Gasteiger partial charge in [-0.2, -0.15) is 0 Å². The molecule has 1 unspecified atom stereocenters. The normalized spacial score (nSPS) is 12.7. The number of benzene rings is 1. The zero-order valence-corrected chi connectivity index (χ0v) is 16.5. The van der Waals surface area contributed by atoms with Crippen LogP contribution in [0.15, 0.2) is 35.8 Å². The van der Waals surface area contributed by atoms with Gasteiger partial charge in [-0.1, -0.05) is 29.3 Å². The van der Waals surface area contributed by atoms with Gasteiger partial charge in [0.2, 0.25) is 0 Å². The van der Waals surface area contributed by atoms with Crippen LogP contribution >= 0.6 is 34.5 Å². The molecule has 26 heavy (non-hydrogen) atoms. The van der Waals surface area contributed by atoms with Crippen LogP contribution in [0.25, 0.3) is 5.70 Å². The highest BCUT2D eigenvalue weighted by atomic mass is 35.5. The minimum Gasteiger partial charge on any atom is -0.403 e.